The van der Waals surface area contributed by atoms with Crippen molar-refractivity contribution in [3.63, 3.8) is 0 Å². The SMILES string of the molecule is CN1CCN(c2nc(N(C)C)nc(Cl)c2Sc2ccccc2)CC1. The van der Waals surface area contributed by atoms with E-state index in [1.165, 1.54) is 0 Å². The maximum atomic E-state index is 6.54. The number of anilines is 2. The number of nitrogens with zero attached hydrogens (tertiary/aromatic N) is 5. The summed E-state index contributed by atoms with van der Waals surface area (Å²) in [5, 5.41) is 0.511. The van der Waals surface area contributed by atoms with Gasteiger partial charge >= 0.3 is 0 Å². The minimum Gasteiger partial charge on any atom is -0.353 e. The second-order valence-electron chi connectivity index (χ2n) is 6.07. The van der Waals surface area contributed by atoms with Gasteiger partial charge in [-0.05, 0) is 19.2 Å². The Hall–Kier alpha value is -1.50. The lowest BCUT2D eigenvalue weighted by Gasteiger charge is -2.34. The molecule has 0 N–H and O–H groups in total. The summed E-state index contributed by atoms with van der Waals surface area (Å²) in [6.45, 7) is 3.93. The minimum absolute atomic E-state index is 0.511. The Morgan fingerprint density at radius 1 is 1.04 bits per heavy atom. The first-order chi connectivity index (χ1) is 11.5. The molecule has 2 aromatic rings. The molecule has 24 heavy (non-hydrogen) atoms. The average Bonchev–Trinajstić information content (AvgIpc) is 2.58. The maximum absolute atomic E-state index is 6.54. The number of halogens is 1. The van der Waals surface area contributed by atoms with E-state index < -0.39 is 0 Å². The molecule has 0 saturated carbocycles. The van der Waals surface area contributed by atoms with Crippen molar-refractivity contribution in [1.82, 2.24) is 14.9 Å². The highest BCUT2D eigenvalue weighted by Crippen LogP contribution is 2.39. The molecule has 7 heteroatoms. The molecule has 1 aliphatic rings. The fraction of sp³-hybridized carbons (Fsp3) is 0.412. The lowest BCUT2D eigenvalue weighted by Crippen LogP contribution is -2.45. The van der Waals surface area contributed by atoms with E-state index in [0.717, 1.165) is 41.8 Å². The second kappa shape index (κ2) is 7.59. The van der Waals surface area contributed by atoms with Crippen molar-refractivity contribution in [2.45, 2.75) is 9.79 Å². The number of piperazine rings is 1. The van der Waals surface area contributed by atoms with Crippen LogP contribution in [0.1, 0.15) is 0 Å². The van der Waals surface area contributed by atoms with Gasteiger partial charge in [0.1, 0.15) is 5.82 Å². The normalized spacial score (nSPS) is 15.6. The Kier molecular flexibility index (Phi) is 5.48. The molecular formula is C17H22ClN5S. The molecule has 1 aliphatic heterocycles. The topological polar surface area (TPSA) is 35.5 Å². The van der Waals surface area contributed by atoms with Crippen LogP contribution in [0, 0.1) is 0 Å². The molecule has 0 spiro atoms. The first-order valence-electron chi connectivity index (χ1n) is 7.96. The minimum atomic E-state index is 0.511. The first-order valence-corrected chi connectivity index (χ1v) is 9.15. The monoisotopic (exact) mass is 363 g/mol. The largest absolute Gasteiger partial charge is 0.353 e. The molecule has 5 nitrogen and oxygen atoms in total. The molecule has 1 saturated heterocycles. The van der Waals surface area contributed by atoms with Gasteiger partial charge in [-0.15, -0.1) is 0 Å². The standard InChI is InChI=1S/C17H22ClN5S/c1-21(2)17-19-15(18)14(24-13-7-5-4-6-8-13)16(20-17)23-11-9-22(3)10-12-23/h4-8H,9-12H2,1-3H3. The van der Waals surface area contributed by atoms with Crippen molar-refractivity contribution in [1.29, 1.82) is 0 Å². The van der Waals surface area contributed by atoms with Crippen LogP contribution in [-0.4, -0.2) is 62.2 Å². The highest BCUT2D eigenvalue weighted by Gasteiger charge is 2.23. The van der Waals surface area contributed by atoms with Gasteiger partial charge in [-0.2, -0.15) is 9.97 Å². The third-order valence-corrected chi connectivity index (χ3v) is 5.43. The van der Waals surface area contributed by atoms with Gasteiger partial charge < -0.3 is 14.7 Å². The number of hydrogen-bond donors (Lipinski definition) is 0. The molecule has 0 unspecified atom stereocenters. The maximum Gasteiger partial charge on any atom is 0.228 e. The van der Waals surface area contributed by atoms with Crippen LogP contribution in [0.2, 0.25) is 5.15 Å². The summed E-state index contributed by atoms with van der Waals surface area (Å²) < 4.78 is 0. The van der Waals surface area contributed by atoms with Crippen molar-refractivity contribution in [2.24, 2.45) is 0 Å². The highest BCUT2D eigenvalue weighted by molar-refractivity contribution is 7.99. The van der Waals surface area contributed by atoms with E-state index in [0.29, 0.717) is 11.1 Å². The van der Waals surface area contributed by atoms with Crippen molar-refractivity contribution >= 4 is 35.1 Å². The van der Waals surface area contributed by atoms with Crippen molar-refractivity contribution in [3.8, 4) is 0 Å². The van der Waals surface area contributed by atoms with Crippen LogP contribution < -0.4 is 9.80 Å². The van der Waals surface area contributed by atoms with E-state index in [1.54, 1.807) is 11.8 Å². The highest BCUT2D eigenvalue weighted by atomic mass is 35.5. The smallest absolute Gasteiger partial charge is 0.228 e. The van der Waals surface area contributed by atoms with Gasteiger partial charge in [-0.3, -0.25) is 0 Å². The average molecular weight is 364 g/mol. The van der Waals surface area contributed by atoms with Gasteiger partial charge in [0.05, 0.1) is 4.90 Å². The zero-order valence-corrected chi connectivity index (χ0v) is 15.8. The lowest BCUT2D eigenvalue weighted by molar-refractivity contribution is 0.311. The molecule has 3 rings (SSSR count). The van der Waals surface area contributed by atoms with Crippen molar-refractivity contribution in [2.75, 3.05) is 57.1 Å². The molecule has 128 valence electrons. The summed E-state index contributed by atoms with van der Waals surface area (Å²) in [6, 6.07) is 10.2. The first kappa shape index (κ1) is 17.3. The van der Waals surface area contributed by atoms with E-state index in [4.69, 9.17) is 16.6 Å². The van der Waals surface area contributed by atoms with Gasteiger partial charge in [0.2, 0.25) is 5.95 Å². The molecule has 0 bridgehead atoms. The quantitative estimate of drug-likeness (QED) is 0.777. The second-order valence-corrected chi connectivity index (χ2v) is 7.51. The van der Waals surface area contributed by atoms with Crippen LogP contribution in [0.4, 0.5) is 11.8 Å². The van der Waals surface area contributed by atoms with Crippen molar-refractivity contribution < 1.29 is 0 Å². The van der Waals surface area contributed by atoms with E-state index >= 15 is 0 Å². The third kappa shape index (κ3) is 3.94. The van der Waals surface area contributed by atoms with Crippen LogP contribution in [-0.2, 0) is 0 Å². The number of aromatic nitrogens is 2. The lowest BCUT2D eigenvalue weighted by atomic mass is 10.3. The molecule has 0 radical (unpaired) electrons. The Labute approximate surface area is 152 Å². The van der Waals surface area contributed by atoms with Gasteiger partial charge in [-0.1, -0.05) is 41.6 Å². The summed E-state index contributed by atoms with van der Waals surface area (Å²) in [5.41, 5.74) is 0. The van der Waals surface area contributed by atoms with E-state index in [9.17, 15) is 0 Å². The molecule has 1 aromatic heterocycles. The molecule has 0 amide bonds. The molecule has 0 aliphatic carbocycles. The number of hydrogen-bond acceptors (Lipinski definition) is 6. The summed E-state index contributed by atoms with van der Waals surface area (Å²) in [4.78, 5) is 17.9. The predicted octanol–water partition coefficient (Wildman–Crippen LogP) is 3.10. The summed E-state index contributed by atoms with van der Waals surface area (Å²) in [7, 11) is 6.02. The van der Waals surface area contributed by atoms with Gasteiger partial charge in [0.15, 0.2) is 5.15 Å². The number of rotatable bonds is 4. The summed E-state index contributed by atoms with van der Waals surface area (Å²) >= 11 is 8.17. The number of likely N-dealkylation sites (N-methyl/N-ethyl adjacent to an activating group) is 1. The summed E-state index contributed by atoms with van der Waals surface area (Å²) in [5.74, 6) is 1.58. The Morgan fingerprint density at radius 2 is 1.71 bits per heavy atom. The van der Waals surface area contributed by atoms with E-state index in [2.05, 4.69) is 34.0 Å². The molecule has 1 fully saturated rings. The fourth-order valence-electron chi connectivity index (χ4n) is 2.53. The van der Waals surface area contributed by atoms with Crippen LogP contribution in [0.15, 0.2) is 40.1 Å². The Morgan fingerprint density at radius 3 is 2.33 bits per heavy atom. The number of benzene rings is 1. The van der Waals surface area contributed by atoms with E-state index in [1.807, 2.05) is 37.2 Å². The Bertz CT molecular complexity index is 687. The zero-order chi connectivity index (χ0) is 17.1. The van der Waals surface area contributed by atoms with Gasteiger partial charge in [-0.25, -0.2) is 0 Å². The fourth-order valence-corrected chi connectivity index (χ4v) is 3.73. The van der Waals surface area contributed by atoms with Crippen LogP contribution in [0.3, 0.4) is 0 Å². The van der Waals surface area contributed by atoms with Crippen LogP contribution >= 0.6 is 23.4 Å². The molecule has 0 atom stereocenters. The van der Waals surface area contributed by atoms with E-state index in [-0.39, 0.29) is 0 Å². The molecular weight excluding hydrogens is 342 g/mol. The molecule has 2 heterocycles. The van der Waals surface area contributed by atoms with Crippen molar-refractivity contribution in [3.05, 3.63) is 35.5 Å². The van der Waals surface area contributed by atoms with Crippen LogP contribution in [0.5, 0.6) is 0 Å². The van der Waals surface area contributed by atoms with Crippen LogP contribution in [0.25, 0.3) is 0 Å². The molecule has 1 aromatic carbocycles. The zero-order valence-electron chi connectivity index (χ0n) is 14.2. The predicted molar refractivity (Wildman–Crippen MR) is 102 cm³/mol. The Balaban J connectivity index is 1.99. The third-order valence-electron chi connectivity index (χ3n) is 3.96. The van der Waals surface area contributed by atoms with Gasteiger partial charge in [0.25, 0.3) is 0 Å². The van der Waals surface area contributed by atoms with Gasteiger partial charge in [0, 0.05) is 45.2 Å². The summed E-state index contributed by atoms with van der Waals surface area (Å²) in [6.07, 6.45) is 0.